The summed E-state index contributed by atoms with van der Waals surface area (Å²) in [6, 6.07) is 7.79. The number of carboxylic acid groups (broad SMARTS) is 1. The molecule has 0 aromatic heterocycles. The molecule has 0 spiro atoms. The molecule has 3 heteroatoms. The number of carboxylic acids is 1. The van der Waals surface area contributed by atoms with Crippen molar-refractivity contribution in [2.45, 2.75) is 109 Å². The Balaban J connectivity index is 1.67. The first-order valence-corrected chi connectivity index (χ1v) is 11.8. The van der Waals surface area contributed by atoms with Gasteiger partial charge < -0.3 is 10.4 Å². The summed E-state index contributed by atoms with van der Waals surface area (Å²) >= 11 is 0. The first-order valence-electron chi connectivity index (χ1n) is 11.8. The molecule has 0 amide bonds. The van der Waals surface area contributed by atoms with Crippen molar-refractivity contribution in [3.8, 4) is 0 Å². The van der Waals surface area contributed by atoms with Crippen molar-refractivity contribution in [3.05, 3.63) is 29.8 Å². The van der Waals surface area contributed by atoms with Crippen molar-refractivity contribution in [2.75, 3.05) is 5.32 Å². The predicted molar refractivity (Wildman–Crippen MR) is 119 cm³/mol. The Bertz CT molecular complexity index is 534. The van der Waals surface area contributed by atoms with Crippen LogP contribution in [0.15, 0.2) is 24.3 Å². The summed E-state index contributed by atoms with van der Waals surface area (Å²) in [5.41, 5.74) is 1.42. The number of benzene rings is 1. The molecule has 3 nitrogen and oxygen atoms in total. The molecule has 1 aromatic rings. The van der Waals surface area contributed by atoms with E-state index in [0.717, 1.165) is 11.6 Å². The first-order chi connectivity index (χ1) is 13.7. The molecule has 0 bridgehead atoms. The highest BCUT2D eigenvalue weighted by Gasteiger charge is 2.24. The highest BCUT2D eigenvalue weighted by atomic mass is 16.4. The zero-order valence-corrected chi connectivity index (χ0v) is 17.9. The minimum Gasteiger partial charge on any atom is -0.478 e. The molecule has 1 unspecified atom stereocenters. The van der Waals surface area contributed by atoms with E-state index in [-0.39, 0.29) is 0 Å². The first kappa shape index (κ1) is 22.8. The largest absolute Gasteiger partial charge is 0.478 e. The van der Waals surface area contributed by atoms with Gasteiger partial charge in [-0.3, -0.25) is 0 Å². The second-order valence-corrected chi connectivity index (χ2v) is 8.65. The molecule has 1 atom stereocenters. The van der Waals surface area contributed by atoms with E-state index in [0.29, 0.717) is 11.6 Å². The van der Waals surface area contributed by atoms with Crippen LogP contribution >= 0.6 is 0 Å². The van der Waals surface area contributed by atoms with Crippen LogP contribution in [-0.2, 0) is 0 Å². The normalized spacial score (nSPS) is 15.6. The summed E-state index contributed by atoms with van der Waals surface area (Å²) in [5.74, 6) is -0.0815. The fourth-order valence-electron chi connectivity index (χ4n) is 4.56. The van der Waals surface area contributed by atoms with Crippen LogP contribution in [0.25, 0.3) is 0 Å². The molecular formula is C25H41NO2. The standard InChI is InChI=1S/C25H41NO2/c1-2-3-4-5-6-7-8-9-10-11-16-24(21-14-12-13-15-21)26-23-19-17-22(18-20-23)25(27)28/h17-21,24,26H,2-16H2,1H3,(H,27,28). The lowest BCUT2D eigenvalue weighted by atomic mass is 9.92. The molecule has 158 valence electrons. The van der Waals surface area contributed by atoms with Gasteiger partial charge in [-0.05, 0) is 49.4 Å². The molecule has 1 saturated carbocycles. The molecular weight excluding hydrogens is 346 g/mol. The summed E-state index contributed by atoms with van der Waals surface area (Å²) < 4.78 is 0. The van der Waals surface area contributed by atoms with Gasteiger partial charge >= 0.3 is 5.97 Å². The third-order valence-electron chi connectivity index (χ3n) is 6.32. The highest BCUT2D eigenvalue weighted by molar-refractivity contribution is 5.88. The lowest BCUT2D eigenvalue weighted by molar-refractivity contribution is 0.0697. The number of rotatable bonds is 15. The zero-order chi connectivity index (χ0) is 20.0. The van der Waals surface area contributed by atoms with E-state index in [1.807, 2.05) is 12.1 Å². The fourth-order valence-corrected chi connectivity index (χ4v) is 4.56. The summed E-state index contributed by atoms with van der Waals surface area (Å²) in [6.45, 7) is 2.28. The summed E-state index contributed by atoms with van der Waals surface area (Å²) in [4.78, 5) is 11.0. The maximum absolute atomic E-state index is 11.0. The molecule has 28 heavy (non-hydrogen) atoms. The van der Waals surface area contributed by atoms with Crippen molar-refractivity contribution in [1.29, 1.82) is 0 Å². The molecule has 1 aromatic carbocycles. The van der Waals surface area contributed by atoms with Crippen molar-refractivity contribution in [2.24, 2.45) is 5.92 Å². The van der Waals surface area contributed by atoms with Crippen LogP contribution in [0.1, 0.15) is 114 Å². The molecule has 2 rings (SSSR count). The van der Waals surface area contributed by atoms with Crippen molar-refractivity contribution in [3.63, 3.8) is 0 Å². The van der Waals surface area contributed by atoms with Crippen molar-refractivity contribution >= 4 is 11.7 Å². The Morgan fingerprint density at radius 2 is 1.46 bits per heavy atom. The van der Waals surface area contributed by atoms with Crippen molar-refractivity contribution < 1.29 is 9.90 Å². The maximum atomic E-state index is 11.0. The van der Waals surface area contributed by atoms with Crippen LogP contribution < -0.4 is 5.32 Å². The second-order valence-electron chi connectivity index (χ2n) is 8.65. The molecule has 0 saturated heterocycles. The zero-order valence-electron chi connectivity index (χ0n) is 17.9. The Kier molecular flexibility index (Phi) is 11.1. The lowest BCUT2D eigenvalue weighted by Gasteiger charge is -2.26. The Hall–Kier alpha value is -1.51. The quantitative estimate of drug-likeness (QED) is 0.304. The van der Waals surface area contributed by atoms with E-state index in [2.05, 4.69) is 12.2 Å². The van der Waals surface area contributed by atoms with Crippen LogP contribution in [0, 0.1) is 5.92 Å². The van der Waals surface area contributed by atoms with E-state index >= 15 is 0 Å². The van der Waals surface area contributed by atoms with Crippen LogP contribution in [0.3, 0.4) is 0 Å². The number of aromatic carboxylic acids is 1. The van der Waals surface area contributed by atoms with Gasteiger partial charge in [-0.25, -0.2) is 4.79 Å². The van der Waals surface area contributed by atoms with E-state index in [1.165, 1.54) is 96.3 Å². The molecule has 1 fully saturated rings. The number of hydrogen-bond acceptors (Lipinski definition) is 2. The number of anilines is 1. The van der Waals surface area contributed by atoms with Crippen LogP contribution in [0.4, 0.5) is 5.69 Å². The number of hydrogen-bond donors (Lipinski definition) is 2. The Labute approximate surface area is 172 Å². The van der Waals surface area contributed by atoms with Crippen LogP contribution in [0.2, 0.25) is 0 Å². The second kappa shape index (κ2) is 13.6. The maximum Gasteiger partial charge on any atom is 0.335 e. The monoisotopic (exact) mass is 387 g/mol. The smallest absolute Gasteiger partial charge is 0.335 e. The molecule has 0 aliphatic heterocycles. The van der Waals surface area contributed by atoms with Gasteiger partial charge in [0.25, 0.3) is 0 Å². The average Bonchev–Trinajstić information content (AvgIpc) is 3.23. The highest BCUT2D eigenvalue weighted by Crippen LogP contribution is 2.32. The summed E-state index contributed by atoms with van der Waals surface area (Å²) in [7, 11) is 0. The molecule has 2 N–H and O–H groups in total. The molecule has 0 radical (unpaired) electrons. The summed E-state index contributed by atoms with van der Waals surface area (Å²) in [6.07, 6.45) is 20.4. The summed E-state index contributed by atoms with van der Waals surface area (Å²) in [5, 5.41) is 12.8. The number of carbonyl (C=O) groups is 1. The third-order valence-corrected chi connectivity index (χ3v) is 6.32. The SMILES string of the molecule is CCCCCCCCCCCCC(Nc1ccc(C(=O)O)cc1)C1CCCC1. The van der Waals surface area contributed by atoms with Gasteiger partial charge in [0.15, 0.2) is 0 Å². The van der Waals surface area contributed by atoms with Crippen LogP contribution in [-0.4, -0.2) is 17.1 Å². The lowest BCUT2D eigenvalue weighted by Crippen LogP contribution is -2.27. The third kappa shape index (κ3) is 8.67. The topological polar surface area (TPSA) is 49.3 Å². The van der Waals surface area contributed by atoms with E-state index in [4.69, 9.17) is 5.11 Å². The molecule has 1 aliphatic rings. The Morgan fingerprint density at radius 3 is 2.00 bits per heavy atom. The average molecular weight is 388 g/mol. The minimum absolute atomic E-state index is 0.359. The van der Waals surface area contributed by atoms with Gasteiger partial charge in [0.2, 0.25) is 0 Å². The van der Waals surface area contributed by atoms with Gasteiger partial charge in [-0.2, -0.15) is 0 Å². The molecule has 1 aliphatic carbocycles. The molecule has 0 heterocycles. The van der Waals surface area contributed by atoms with Gasteiger partial charge in [0.1, 0.15) is 0 Å². The number of nitrogens with one attached hydrogen (secondary N) is 1. The van der Waals surface area contributed by atoms with E-state index < -0.39 is 5.97 Å². The fraction of sp³-hybridized carbons (Fsp3) is 0.720. The predicted octanol–water partition coefficient (Wildman–Crippen LogP) is 7.67. The Morgan fingerprint density at radius 1 is 0.929 bits per heavy atom. The van der Waals surface area contributed by atoms with Crippen LogP contribution in [0.5, 0.6) is 0 Å². The van der Waals surface area contributed by atoms with E-state index in [1.54, 1.807) is 12.1 Å². The van der Waals surface area contributed by atoms with Gasteiger partial charge in [-0.15, -0.1) is 0 Å². The van der Waals surface area contributed by atoms with Gasteiger partial charge in [-0.1, -0.05) is 84.0 Å². The number of unbranched alkanes of at least 4 members (excludes halogenated alkanes) is 9. The minimum atomic E-state index is -0.857. The van der Waals surface area contributed by atoms with Gasteiger partial charge in [0, 0.05) is 11.7 Å². The van der Waals surface area contributed by atoms with Gasteiger partial charge in [0.05, 0.1) is 5.56 Å². The van der Waals surface area contributed by atoms with Crippen molar-refractivity contribution in [1.82, 2.24) is 0 Å². The van der Waals surface area contributed by atoms with E-state index in [9.17, 15) is 4.79 Å².